The van der Waals surface area contributed by atoms with E-state index in [0.29, 0.717) is 6.42 Å². The molecule has 82 valence electrons. The molecule has 0 aromatic carbocycles. The van der Waals surface area contributed by atoms with Gasteiger partial charge in [-0.05, 0) is 11.8 Å². The molecule has 14 heavy (non-hydrogen) atoms. The predicted octanol–water partition coefficient (Wildman–Crippen LogP) is 2.42. The maximum atomic E-state index is 11.9. The second-order valence-corrected chi connectivity index (χ2v) is 4.44. The van der Waals surface area contributed by atoms with Crippen LogP contribution in [0.3, 0.4) is 0 Å². The van der Waals surface area contributed by atoms with Crippen molar-refractivity contribution in [1.82, 2.24) is 0 Å². The van der Waals surface area contributed by atoms with Crippen LogP contribution in [-0.2, 0) is 9.53 Å². The van der Waals surface area contributed by atoms with Gasteiger partial charge in [-0.2, -0.15) is 0 Å². The van der Waals surface area contributed by atoms with Crippen molar-refractivity contribution in [2.45, 2.75) is 45.6 Å². The molecule has 0 spiro atoms. The van der Waals surface area contributed by atoms with E-state index in [2.05, 4.69) is 0 Å². The number of hydrogen-bond acceptors (Lipinski definition) is 2. The van der Waals surface area contributed by atoms with Gasteiger partial charge in [0.15, 0.2) is 0 Å². The Hall–Kier alpha value is -0.510. The van der Waals surface area contributed by atoms with Crippen LogP contribution in [0.4, 0.5) is 8.78 Å². The summed E-state index contributed by atoms with van der Waals surface area (Å²) < 4.78 is 28.9. The van der Waals surface area contributed by atoms with Crippen LogP contribution in [0.2, 0.25) is 0 Å². The van der Waals surface area contributed by atoms with E-state index in [4.69, 9.17) is 4.74 Å². The SMILES string of the molecule is CC1(C)CCC(=O)CC1OCC(F)F. The van der Waals surface area contributed by atoms with Gasteiger partial charge in [-0.1, -0.05) is 13.8 Å². The third kappa shape index (κ3) is 3.01. The molecule has 1 atom stereocenters. The molecule has 0 amide bonds. The van der Waals surface area contributed by atoms with Crippen LogP contribution in [0.5, 0.6) is 0 Å². The highest BCUT2D eigenvalue weighted by atomic mass is 19.3. The number of ether oxygens (including phenoxy) is 1. The molecule has 1 fully saturated rings. The average Bonchev–Trinajstić information content (AvgIpc) is 2.07. The van der Waals surface area contributed by atoms with E-state index in [0.717, 1.165) is 6.42 Å². The zero-order valence-corrected chi connectivity index (χ0v) is 8.56. The van der Waals surface area contributed by atoms with E-state index in [1.165, 1.54) is 0 Å². The highest BCUT2D eigenvalue weighted by Gasteiger charge is 2.36. The van der Waals surface area contributed by atoms with Gasteiger partial charge in [-0.3, -0.25) is 4.79 Å². The van der Waals surface area contributed by atoms with Crippen LogP contribution in [0, 0.1) is 5.41 Å². The summed E-state index contributed by atoms with van der Waals surface area (Å²) in [5.74, 6) is 0.114. The number of halogens is 2. The van der Waals surface area contributed by atoms with Gasteiger partial charge in [0, 0.05) is 12.8 Å². The van der Waals surface area contributed by atoms with E-state index >= 15 is 0 Å². The molecule has 0 heterocycles. The van der Waals surface area contributed by atoms with E-state index in [-0.39, 0.29) is 23.7 Å². The topological polar surface area (TPSA) is 26.3 Å². The molecule has 0 aromatic rings. The Morgan fingerprint density at radius 1 is 1.57 bits per heavy atom. The molecule has 0 N–H and O–H groups in total. The van der Waals surface area contributed by atoms with Crippen LogP contribution in [-0.4, -0.2) is 24.9 Å². The summed E-state index contributed by atoms with van der Waals surface area (Å²) in [7, 11) is 0. The number of alkyl halides is 2. The number of hydrogen-bond donors (Lipinski definition) is 0. The minimum Gasteiger partial charge on any atom is -0.371 e. The Balaban J connectivity index is 2.50. The highest BCUT2D eigenvalue weighted by Crippen LogP contribution is 2.36. The minimum atomic E-state index is -2.46. The first-order chi connectivity index (χ1) is 6.42. The monoisotopic (exact) mass is 206 g/mol. The van der Waals surface area contributed by atoms with Gasteiger partial charge in [0.05, 0.1) is 6.10 Å². The lowest BCUT2D eigenvalue weighted by molar-refractivity contribution is -0.135. The molecule has 1 unspecified atom stereocenters. The Labute approximate surface area is 82.6 Å². The molecular formula is C10H16F2O2. The fourth-order valence-corrected chi connectivity index (χ4v) is 1.68. The van der Waals surface area contributed by atoms with Gasteiger partial charge in [-0.15, -0.1) is 0 Å². The summed E-state index contributed by atoms with van der Waals surface area (Å²) in [4.78, 5) is 11.1. The van der Waals surface area contributed by atoms with Gasteiger partial charge >= 0.3 is 0 Å². The van der Waals surface area contributed by atoms with Crippen molar-refractivity contribution in [3.63, 3.8) is 0 Å². The average molecular weight is 206 g/mol. The van der Waals surface area contributed by atoms with Crippen molar-refractivity contribution in [1.29, 1.82) is 0 Å². The van der Waals surface area contributed by atoms with Crippen LogP contribution < -0.4 is 0 Å². The third-order valence-corrected chi connectivity index (χ3v) is 2.76. The smallest absolute Gasteiger partial charge is 0.261 e. The number of rotatable bonds is 3. The molecule has 0 bridgehead atoms. The second-order valence-electron chi connectivity index (χ2n) is 4.44. The first-order valence-corrected chi connectivity index (χ1v) is 4.83. The summed E-state index contributed by atoms with van der Waals surface area (Å²) in [6, 6.07) is 0. The van der Waals surface area contributed by atoms with E-state index in [9.17, 15) is 13.6 Å². The van der Waals surface area contributed by atoms with Crippen molar-refractivity contribution in [3.05, 3.63) is 0 Å². The van der Waals surface area contributed by atoms with Crippen LogP contribution in [0.1, 0.15) is 33.1 Å². The van der Waals surface area contributed by atoms with Gasteiger partial charge < -0.3 is 4.74 Å². The van der Waals surface area contributed by atoms with Crippen LogP contribution in [0.15, 0.2) is 0 Å². The van der Waals surface area contributed by atoms with Gasteiger partial charge in [-0.25, -0.2) is 8.78 Å². The minimum absolute atomic E-state index is 0.114. The Kier molecular flexibility index (Phi) is 3.59. The lowest BCUT2D eigenvalue weighted by Gasteiger charge is -2.37. The first kappa shape index (κ1) is 11.6. The molecular weight excluding hydrogens is 190 g/mol. The van der Waals surface area contributed by atoms with Gasteiger partial charge in [0.2, 0.25) is 0 Å². The van der Waals surface area contributed by atoms with Crippen molar-refractivity contribution in [3.8, 4) is 0 Å². The van der Waals surface area contributed by atoms with Gasteiger partial charge in [0.25, 0.3) is 6.43 Å². The van der Waals surface area contributed by atoms with Gasteiger partial charge in [0.1, 0.15) is 12.4 Å². The Bertz CT molecular complexity index is 214. The third-order valence-electron chi connectivity index (χ3n) is 2.76. The highest BCUT2D eigenvalue weighted by molar-refractivity contribution is 5.79. The number of carbonyl (C=O) groups is 1. The zero-order chi connectivity index (χ0) is 10.8. The summed E-state index contributed by atoms with van der Waals surface area (Å²) in [6.45, 7) is 3.34. The molecule has 2 nitrogen and oxygen atoms in total. The molecule has 1 rings (SSSR count). The van der Waals surface area contributed by atoms with Crippen LogP contribution in [0.25, 0.3) is 0 Å². The quantitative estimate of drug-likeness (QED) is 0.708. The number of carbonyl (C=O) groups excluding carboxylic acids is 1. The number of ketones is 1. The molecule has 4 heteroatoms. The van der Waals surface area contributed by atoms with Crippen LogP contribution >= 0.6 is 0 Å². The zero-order valence-electron chi connectivity index (χ0n) is 8.56. The normalized spacial score (nSPS) is 26.9. The van der Waals surface area contributed by atoms with Crippen molar-refractivity contribution in [2.75, 3.05) is 6.61 Å². The standard InChI is InChI=1S/C10H16F2O2/c1-10(2)4-3-7(13)5-8(10)14-6-9(11)12/h8-9H,3-6H2,1-2H3. The maximum absolute atomic E-state index is 11.9. The molecule has 1 saturated carbocycles. The maximum Gasteiger partial charge on any atom is 0.261 e. The Morgan fingerprint density at radius 2 is 2.21 bits per heavy atom. The lowest BCUT2D eigenvalue weighted by Crippen LogP contribution is -2.39. The molecule has 0 radical (unpaired) electrons. The largest absolute Gasteiger partial charge is 0.371 e. The molecule has 0 aliphatic heterocycles. The molecule has 1 aliphatic carbocycles. The second kappa shape index (κ2) is 4.34. The van der Waals surface area contributed by atoms with Crippen molar-refractivity contribution >= 4 is 5.78 Å². The summed E-state index contributed by atoms with van der Waals surface area (Å²) in [5.41, 5.74) is -0.164. The van der Waals surface area contributed by atoms with E-state index < -0.39 is 13.0 Å². The van der Waals surface area contributed by atoms with Crippen molar-refractivity contribution < 1.29 is 18.3 Å². The number of Topliss-reactive ketones (excluding diaryl/α,β-unsaturated/α-hetero) is 1. The predicted molar refractivity (Wildman–Crippen MR) is 48.4 cm³/mol. The van der Waals surface area contributed by atoms with Crippen molar-refractivity contribution in [2.24, 2.45) is 5.41 Å². The lowest BCUT2D eigenvalue weighted by atomic mass is 9.74. The van der Waals surface area contributed by atoms with E-state index in [1.807, 2.05) is 13.8 Å². The fraction of sp³-hybridized carbons (Fsp3) is 0.900. The molecule has 1 aliphatic rings. The molecule has 0 aromatic heterocycles. The summed E-state index contributed by atoms with van der Waals surface area (Å²) >= 11 is 0. The first-order valence-electron chi connectivity index (χ1n) is 4.83. The van der Waals surface area contributed by atoms with E-state index in [1.54, 1.807) is 0 Å². The summed E-state index contributed by atoms with van der Waals surface area (Å²) in [6.07, 6.45) is -1.26. The Morgan fingerprint density at radius 3 is 2.79 bits per heavy atom. The molecule has 0 saturated heterocycles. The summed E-state index contributed by atoms with van der Waals surface area (Å²) in [5, 5.41) is 0. The fourth-order valence-electron chi connectivity index (χ4n) is 1.68.